The van der Waals surface area contributed by atoms with E-state index in [2.05, 4.69) is 23.9 Å². The SMILES string of the molecule is CC.CN1CCC2(CCCN2C)CC1. The predicted molar refractivity (Wildman–Crippen MR) is 62.7 cm³/mol. The molecule has 0 N–H and O–H groups in total. The first-order valence-corrected chi connectivity index (χ1v) is 6.13. The molecule has 0 atom stereocenters. The standard InChI is InChI=1S/C10H20N2.C2H6/c1-11-8-5-10(6-9-11)4-3-7-12(10)2;1-2/h3-9H2,1-2H3;1-2H3. The van der Waals surface area contributed by atoms with Gasteiger partial charge in [-0.2, -0.15) is 0 Å². The minimum Gasteiger partial charge on any atom is -0.306 e. The molecule has 2 heteroatoms. The number of likely N-dealkylation sites (tertiary alicyclic amines) is 2. The molecule has 2 aliphatic rings. The highest BCUT2D eigenvalue weighted by Crippen LogP contribution is 2.36. The second kappa shape index (κ2) is 5.13. The van der Waals surface area contributed by atoms with Crippen molar-refractivity contribution in [2.75, 3.05) is 33.7 Å². The lowest BCUT2D eigenvalue weighted by Gasteiger charge is -2.42. The summed E-state index contributed by atoms with van der Waals surface area (Å²) in [5.41, 5.74) is 0.604. The lowest BCUT2D eigenvalue weighted by Crippen LogP contribution is -2.49. The van der Waals surface area contributed by atoms with E-state index in [0.29, 0.717) is 5.54 Å². The fourth-order valence-electron chi connectivity index (χ4n) is 2.74. The van der Waals surface area contributed by atoms with Crippen molar-refractivity contribution in [1.82, 2.24) is 9.80 Å². The van der Waals surface area contributed by atoms with Crippen LogP contribution in [-0.4, -0.2) is 49.1 Å². The Balaban J connectivity index is 0.000000461. The van der Waals surface area contributed by atoms with Crippen LogP contribution >= 0.6 is 0 Å². The molecule has 2 heterocycles. The van der Waals surface area contributed by atoms with Crippen LogP contribution < -0.4 is 0 Å². The van der Waals surface area contributed by atoms with Crippen LogP contribution in [0.1, 0.15) is 39.5 Å². The van der Waals surface area contributed by atoms with Crippen molar-refractivity contribution in [3.05, 3.63) is 0 Å². The zero-order valence-corrected chi connectivity index (χ0v) is 10.3. The van der Waals surface area contributed by atoms with Crippen molar-refractivity contribution in [1.29, 1.82) is 0 Å². The molecule has 0 aliphatic carbocycles. The summed E-state index contributed by atoms with van der Waals surface area (Å²) >= 11 is 0. The predicted octanol–water partition coefficient (Wildman–Crippen LogP) is 2.20. The van der Waals surface area contributed by atoms with E-state index in [1.165, 1.54) is 45.3 Å². The summed E-state index contributed by atoms with van der Waals surface area (Å²) in [4.78, 5) is 5.05. The summed E-state index contributed by atoms with van der Waals surface area (Å²) in [6, 6.07) is 0. The average Bonchev–Trinajstić information content (AvgIpc) is 2.57. The lowest BCUT2D eigenvalue weighted by molar-refractivity contribution is 0.0825. The van der Waals surface area contributed by atoms with Crippen molar-refractivity contribution in [2.45, 2.75) is 45.1 Å². The van der Waals surface area contributed by atoms with Crippen LogP contribution in [0.4, 0.5) is 0 Å². The molecular formula is C12H26N2. The summed E-state index contributed by atoms with van der Waals surface area (Å²) in [5, 5.41) is 0. The molecule has 0 amide bonds. The minimum atomic E-state index is 0.604. The minimum absolute atomic E-state index is 0.604. The van der Waals surface area contributed by atoms with Gasteiger partial charge in [0.2, 0.25) is 0 Å². The third-order valence-corrected chi connectivity index (χ3v) is 3.86. The summed E-state index contributed by atoms with van der Waals surface area (Å²) in [5.74, 6) is 0. The van der Waals surface area contributed by atoms with Gasteiger partial charge in [0.25, 0.3) is 0 Å². The van der Waals surface area contributed by atoms with Crippen LogP contribution in [0.3, 0.4) is 0 Å². The molecule has 0 radical (unpaired) electrons. The zero-order chi connectivity index (χ0) is 10.6. The molecule has 2 nitrogen and oxygen atoms in total. The molecule has 14 heavy (non-hydrogen) atoms. The highest BCUT2D eigenvalue weighted by Gasteiger charge is 2.40. The first kappa shape index (κ1) is 12.0. The van der Waals surface area contributed by atoms with Crippen LogP contribution in [0, 0.1) is 0 Å². The van der Waals surface area contributed by atoms with Crippen LogP contribution in [-0.2, 0) is 0 Å². The summed E-state index contributed by atoms with van der Waals surface area (Å²) < 4.78 is 0. The van der Waals surface area contributed by atoms with Gasteiger partial charge in [-0.1, -0.05) is 13.8 Å². The first-order chi connectivity index (χ1) is 6.73. The summed E-state index contributed by atoms with van der Waals surface area (Å²) in [6.07, 6.45) is 5.64. The number of hydrogen-bond donors (Lipinski definition) is 0. The maximum atomic E-state index is 2.60. The van der Waals surface area contributed by atoms with E-state index >= 15 is 0 Å². The van der Waals surface area contributed by atoms with E-state index in [0.717, 1.165) is 0 Å². The van der Waals surface area contributed by atoms with Gasteiger partial charge in [0.1, 0.15) is 0 Å². The van der Waals surface area contributed by atoms with Crippen LogP contribution in [0.15, 0.2) is 0 Å². The Bertz CT molecular complexity index is 160. The largest absolute Gasteiger partial charge is 0.306 e. The van der Waals surface area contributed by atoms with Crippen molar-refractivity contribution in [2.24, 2.45) is 0 Å². The van der Waals surface area contributed by atoms with Gasteiger partial charge in [0.05, 0.1) is 0 Å². The van der Waals surface area contributed by atoms with E-state index in [-0.39, 0.29) is 0 Å². The van der Waals surface area contributed by atoms with Gasteiger partial charge in [0.15, 0.2) is 0 Å². The molecule has 2 saturated heterocycles. The van der Waals surface area contributed by atoms with E-state index in [4.69, 9.17) is 0 Å². The Morgan fingerprint density at radius 1 is 0.857 bits per heavy atom. The smallest absolute Gasteiger partial charge is 0.0231 e. The van der Waals surface area contributed by atoms with E-state index in [1.54, 1.807) is 0 Å². The molecule has 0 bridgehead atoms. The summed E-state index contributed by atoms with van der Waals surface area (Å²) in [6.45, 7) is 7.92. The fraction of sp³-hybridized carbons (Fsp3) is 1.00. The third kappa shape index (κ3) is 2.29. The Hall–Kier alpha value is -0.0800. The molecule has 2 fully saturated rings. The van der Waals surface area contributed by atoms with Gasteiger partial charge >= 0.3 is 0 Å². The third-order valence-electron chi connectivity index (χ3n) is 3.86. The molecule has 0 saturated carbocycles. The van der Waals surface area contributed by atoms with Crippen molar-refractivity contribution in [3.8, 4) is 0 Å². The molecule has 1 spiro atoms. The van der Waals surface area contributed by atoms with Gasteiger partial charge in [-0.3, -0.25) is 0 Å². The van der Waals surface area contributed by atoms with Crippen molar-refractivity contribution in [3.63, 3.8) is 0 Å². The molecular weight excluding hydrogens is 172 g/mol. The van der Waals surface area contributed by atoms with Gasteiger partial charge < -0.3 is 9.80 Å². The number of piperidine rings is 1. The normalized spacial score (nSPS) is 27.4. The van der Waals surface area contributed by atoms with Gasteiger partial charge in [-0.05, 0) is 59.4 Å². The molecule has 0 aromatic carbocycles. The van der Waals surface area contributed by atoms with Crippen molar-refractivity contribution >= 4 is 0 Å². The first-order valence-electron chi connectivity index (χ1n) is 6.13. The maximum Gasteiger partial charge on any atom is 0.0231 e. The molecule has 2 rings (SSSR count). The van der Waals surface area contributed by atoms with E-state index in [9.17, 15) is 0 Å². The second-order valence-electron chi connectivity index (χ2n) is 4.55. The lowest BCUT2D eigenvalue weighted by atomic mass is 9.85. The van der Waals surface area contributed by atoms with Gasteiger partial charge in [0, 0.05) is 5.54 Å². The fourth-order valence-corrected chi connectivity index (χ4v) is 2.74. The van der Waals surface area contributed by atoms with Crippen LogP contribution in [0.5, 0.6) is 0 Å². The number of nitrogens with zero attached hydrogens (tertiary/aromatic N) is 2. The zero-order valence-electron chi connectivity index (χ0n) is 10.3. The second-order valence-corrected chi connectivity index (χ2v) is 4.55. The number of hydrogen-bond acceptors (Lipinski definition) is 2. The Labute approximate surface area is 89.3 Å². The van der Waals surface area contributed by atoms with Gasteiger partial charge in [-0.15, -0.1) is 0 Å². The quantitative estimate of drug-likeness (QED) is 0.589. The highest BCUT2D eigenvalue weighted by atomic mass is 15.2. The molecule has 0 aromatic heterocycles. The topological polar surface area (TPSA) is 6.48 Å². The van der Waals surface area contributed by atoms with Crippen molar-refractivity contribution < 1.29 is 0 Å². The highest BCUT2D eigenvalue weighted by molar-refractivity contribution is 4.97. The summed E-state index contributed by atoms with van der Waals surface area (Å²) in [7, 11) is 4.54. The Morgan fingerprint density at radius 3 is 1.86 bits per heavy atom. The Kier molecular flexibility index (Phi) is 4.39. The molecule has 0 aromatic rings. The van der Waals surface area contributed by atoms with E-state index in [1.807, 2.05) is 13.8 Å². The van der Waals surface area contributed by atoms with Crippen LogP contribution in [0.25, 0.3) is 0 Å². The molecule has 0 unspecified atom stereocenters. The average molecular weight is 198 g/mol. The van der Waals surface area contributed by atoms with Gasteiger partial charge in [-0.25, -0.2) is 0 Å². The van der Waals surface area contributed by atoms with E-state index < -0.39 is 0 Å². The monoisotopic (exact) mass is 198 g/mol. The number of rotatable bonds is 0. The van der Waals surface area contributed by atoms with Crippen LogP contribution in [0.2, 0.25) is 0 Å². The Morgan fingerprint density at radius 2 is 1.43 bits per heavy atom. The maximum absolute atomic E-state index is 2.60. The molecule has 2 aliphatic heterocycles. The molecule has 84 valence electrons.